The average molecular weight is 375 g/mol. The third kappa shape index (κ3) is 4.40. The van der Waals surface area contributed by atoms with Crippen molar-refractivity contribution >= 4 is 34.7 Å². The van der Waals surface area contributed by atoms with Crippen molar-refractivity contribution in [2.75, 3.05) is 25.1 Å². The molecule has 2 heterocycles. The van der Waals surface area contributed by atoms with Gasteiger partial charge in [-0.05, 0) is 31.2 Å². The molecule has 0 unspecified atom stereocenters. The van der Waals surface area contributed by atoms with E-state index in [9.17, 15) is 14.4 Å². The molecule has 136 valence electrons. The van der Waals surface area contributed by atoms with Gasteiger partial charge in [0.25, 0.3) is 5.91 Å². The van der Waals surface area contributed by atoms with Gasteiger partial charge in [0.15, 0.2) is 23.9 Å². The Morgan fingerprint density at radius 2 is 1.81 bits per heavy atom. The van der Waals surface area contributed by atoms with Crippen LogP contribution < -0.4 is 14.8 Å². The number of fused-ring (bicyclic) bond motifs is 1. The van der Waals surface area contributed by atoms with Crippen molar-refractivity contribution in [3.05, 3.63) is 40.1 Å². The fraction of sp³-hybridized carbons (Fsp3) is 0.278. The predicted octanol–water partition coefficient (Wildman–Crippen LogP) is 2.91. The predicted molar refractivity (Wildman–Crippen MR) is 95.3 cm³/mol. The molecule has 1 aromatic carbocycles. The Labute approximate surface area is 153 Å². The summed E-state index contributed by atoms with van der Waals surface area (Å²) in [5.41, 5.74) is 0.519. The first-order chi connectivity index (χ1) is 12.5. The van der Waals surface area contributed by atoms with Gasteiger partial charge >= 0.3 is 5.97 Å². The first kappa shape index (κ1) is 17.9. The Morgan fingerprint density at radius 1 is 1.08 bits per heavy atom. The minimum atomic E-state index is -0.642. The van der Waals surface area contributed by atoms with Crippen LogP contribution in [-0.2, 0) is 9.53 Å². The van der Waals surface area contributed by atoms with Crippen molar-refractivity contribution in [2.24, 2.45) is 0 Å². The lowest BCUT2D eigenvalue weighted by atomic mass is 10.2. The number of carbonyl (C=O) groups is 3. The number of esters is 1. The molecule has 0 saturated heterocycles. The van der Waals surface area contributed by atoms with Crippen LogP contribution in [0, 0.1) is 0 Å². The van der Waals surface area contributed by atoms with E-state index in [4.69, 9.17) is 14.2 Å². The Hall–Kier alpha value is -2.87. The molecule has 3 rings (SSSR count). The summed E-state index contributed by atoms with van der Waals surface area (Å²) in [5, 5.41) is 2.64. The molecule has 1 N–H and O–H groups in total. The monoisotopic (exact) mass is 375 g/mol. The zero-order valence-electron chi connectivity index (χ0n) is 14.1. The van der Waals surface area contributed by atoms with Gasteiger partial charge in [0.2, 0.25) is 0 Å². The molecule has 1 aromatic heterocycles. The molecule has 26 heavy (non-hydrogen) atoms. The number of hydrogen-bond donors (Lipinski definition) is 1. The molecule has 0 spiro atoms. The second-order valence-corrected chi connectivity index (χ2v) is 6.64. The molecule has 2 aromatic rings. The highest BCUT2D eigenvalue weighted by atomic mass is 32.1. The Bertz CT molecular complexity index is 844. The third-order valence-electron chi connectivity index (χ3n) is 3.52. The number of ketones is 1. The van der Waals surface area contributed by atoms with Crippen molar-refractivity contribution in [2.45, 2.75) is 13.3 Å². The van der Waals surface area contributed by atoms with Gasteiger partial charge in [-0.1, -0.05) is 0 Å². The fourth-order valence-corrected chi connectivity index (χ4v) is 3.07. The van der Waals surface area contributed by atoms with Crippen LogP contribution in [0.4, 0.5) is 5.69 Å². The van der Waals surface area contributed by atoms with Crippen LogP contribution in [0.3, 0.4) is 0 Å². The quantitative estimate of drug-likeness (QED) is 0.638. The molecule has 0 atom stereocenters. The lowest BCUT2D eigenvalue weighted by Gasteiger charge is -2.10. The molecule has 1 aliphatic heterocycles. The maximum atomic E-state index is 12.0. The molecule has 0 saturated carbocycles. The topological polar surface area (TPSA) is 90.9 Å². The molecule has 0 radical (unpaired) electrons. The smallest absolute Gasteiger partial charge is 0.348 e. The molecule has 1 amide bonds. The third-order valence-corrected chi connectivity index (χ3v) is 4.69. The molecule has 0 bridgehead atoms. The van der Waals surface area contributed by atoms with Gasteiger partial charge in [0.1, 0.15) is 4.88 Å². The number of thiophene rings is 1. The number of amides is 1. The van der Waals surface area contributed by atoms with Crippen LogP contribution >= 0.6 is 11.3 Å². The van der Waals surface area contributed by atoms with Crippen molar-refractivity contribution in [3.8, 4) is 11.5 Å². The molecular weight excluding hydrogens is 358 g/mol. The van der Waals surface area contributed by atoms with E-state index >= 15 is 0 Å². The summed E-state index contributed by atoms with van der Waals surface area (Å²) >= 11 is 1.04. The number of hydrogen-bond acceptors (Lipinski definition) is 7. The van der Waals surface area contributed by atoms with Crippen LogP contribution in [0.25, 0.3) is 0 Å². The van der Waals surface area contributed by atoms with Gasteiger partial charge < -0.3 is 19.5 Å². The number of benzene rings is 1. The van der Waals surface area contributed by atoms with Crippen LogP contribution in [0.15, 0.2) is 30.3 Å². The molecule has 1 aliphatic rings. The highest BCUT2D eigenvalue weighted by molar-refractivity contribution is 7.15. The largest absolute Gasteiger partial charge is 0.490 e. The average Bonchev–Trinajstić information content (AvgIpc) is 3.00. The van der Waals surface area contributed by atoms with Crippen LogP contribution in [0.1, 0.15) is 32.7 Å². The standard InChI is InChI=1S/C18H17NO6S/c1-11(20)15-5-6-16(26-15)18(22)25-10-17(21)19-12-3-4-13-14(9-12)24-8-2-7-23-13/h3-6,9H,2,7-8,10H2,1H3,(H,19,21). The number of ether oxygens (including phenoxy) is 3. The van der Waals surface area contributed by atoms with E-state index in [2.05, 4.69) is 5.32 Å². The summed E-state index contributed by atoms with van der Waals surface area (Å²) in [7, 11) is 0. The zero-order valence-corrected chi connectivity index (χ0v) is 14.9. The number of anilines is 1. The van der Waals surface area contributed by atoms with Gasteiger partial charge in [0.05, 0.1) is 18.1 Å². The van der Waals surface area contributed by atoms with E-state index in [0.29, 0.717) is 35.3 Å². The lowest BCUT2D eigenvalue weighted by molar-refractivity contribution is -0.119. The first-order valence-corrected chi connectivity index (χ1v) is 8.82. The summed E-state index contributed by atoms with van der Waals surface area (Å²) in [4.78, 5) is 35.9. The Morgan fingerprint density at radius 3 is 2.54 bits per heavy atom. The molecule has 7 nitrogen and oxygen atoms in total. The van der Waals surface area contributed by atoms with Gasteiger partial charge in [-0.15, -0.1) is 11.3 Å². The molecule has 8 heteroatoms. The van der Waals surface area contributed by atoms with Gasteiger partial charge in [-0.25, -0.2) is 4.79 Å². The van der Waals surface area contributed by atoms with Gasteiger partial charge in [0, 0.05) is 18.2 Å². The normalized spacial score (nSPS) is 12.8. The van der Waals surface area contributed by atoms with E-state index in [-0.39, 0.29) is 10.7 Å². The maximum Gasteiger partial charge on any atom is 0.348 e. The molecule has 0 aliphatic carbocycles. The fourth-order valence-electron chi connectivity index (χ4n) is 2.28. The summed E-state index contributed by atoms with van der Waals surface area (Å²) in [6, 6.07) is 8.13. The zero-order chi connectivity index (χ0) is 18.5. The van der Waals surface area contributed by atoms with Crippen molar-refractivity contribution in [3.63, 3.8) is 0 Å². The first-order valence-electron chi connectivity index (χ1n) is 8.00. The summed E-state index contributed by atoms with van der Waals surface area (Å²) in [6.45, 7) is 2.12. The number of carbonyl (C=O) groups excluding carboxylic acids is 3. The van der Waals surface area contributed by atoms with Crippen LogP contribution in [-0.4, -0.2) is 37.5 Å². The van der Waals surface area contributed by atoms with E-state index in [1.54, 1.807) is 24.3 Å². The highest BCUT2D eigenvalue weighted by Gasteiger charge is 2.15. The summed E-state index contributed by atoms with van der Waals surface area (Å²) in [6.07, 6.45) is 0.792. The van der Waals surface area contributed by atoms with Gasteiger partial charge in [-0.3, -0.25) is 9.59 Å². The van der Waals surface area contributed by atoms with E-state index < -0.39 is 18.5 Å². The minimum absolute atomic E-state index is 0.124. The summed E-state index contributed by atoms with van der Waals surface area (Å²) < 4.78 is 16.1. The van der Waals surface area contributed by atoms with E-state index in [1.165, 1.54) is 13.0 Å². The maximum absolute atomic E-state index is 12.0. The SMILES string of the molecule is CC(=O)c1ccc(C(=O)OCC(=O)Nc2ccc3c(c2)OCCCO3)s1. The molecule has 0 fully saturated rings. The minimum Gasteiger partial charge on any atom is -0.490 e. The molecular formula is C18H17NO6S. The number of rotatable bonds is 5. The number of Topliss-reactive ketones (excluding diaryl/α,β-unsaturated/α-hetero) is 1. The van der Waals surface area contributed by atoms with Crippen molar-refractivity contribution < 1.29 is 28.6 Å². The summed E-state index contributed by atoms with van der Waals surface area (Å²) in [5.74, 6) is -0.0489. The van der Waals surface area contributed by atoms with Crippen molar-refractivity contribution in [1.29, 1.82) is 0 Å². The number of nitrogens with one attached hydrogen (secondary N) is 1. The van der Waals surface area contributed by atoms with Crippen molar-refractivity contribution in [1.82, 2.24) is 0 Å². The lowest BCUT2D eigenvalue weighted by Crippen LogP contribution is -2.20. The second-order valence-electron chi connectivity index (χ2n) is 5.56. The second kappa shape index (κ2) is 8.01. The van der Waals surface area contributed by atoms with Crippen LogP contribution in [0.5, 0.6) is 11.5 Å². The highest BCUT2D eigenvalue weighted by Crippen LogP contribution is 2.32. The van der Waals surface area contributed by atoms with Gasteiger partial charge in [-0.2, -0.15) is 0 Å². The van der Waals surface area contributed by atoms with E-state index in [1.807, 2.05) is 0 Å². The van der Waals surface area contributed by atoms with E-state index in [0.717, 1.165) is 17.8 Å². The van der Waals surface area contributed by atoms with Crippen LogP contribution in [0.2, 0.25) is 0 Å². The Kier molecular flexibility index (Phi) is 5.52. The Balaban J connectivity index is 1.54.